The van der Waals surface area contributed by atoms with E-state index in [0.717, 1.165) is 0 Å². The first-order chi connectivity index (χ1) is 16.0. The van der Waals surface area contributed by atoms with Crippen LogP contribution in [0.2, 0.25) is 0 Å². The summed E-state index contributed by atoms with van der Waals surface area (Å²) in [5, 5.41) is 2.69. The molecule has 3 rings (SSSR count). The van der Waals surface area contributed by atoms with Gasteiger partial charge in [0.15, 0.2) is 11.5 Å². The molecule has 170 valence electrons. The highest BCUT2D eigenvalue weighted by Gasteiger charge is 2.18. The second-order valence-electron chi connectivity index (χ2n) is 6.60. The first kappa shape index (κ1) is 23.1. The number of anilines is 1. The Kier molecular flexibility index (Phi) is 7.43. The van der Waals surface area contributed by atoms with Crippen LogP contribution in [0.25, 0.3) is 0 Å². The molecule has 0 spiro atoms. The van der Waals surface area contributed by atoms with Gasteiger partial charge in [-0.3, -0.25) is 30.2 Å². The number of rotatable bonds is 7. The highest BCUT2D eigenvalue weighted by Crippen LogP contribution is 2.38. The van der Waals surface area contributed by atoms with Gasteiger partial charge in [-0.2, -0.15) is 0 Å². The van der Waals surface area contributed by atoms with E-state index in [1.165, 1.54) is 45.7 Å². The van der Waals surface area contributed by atoms with E-state index >= 15 is 0 Å². The lowest BCUT2D eigenvalue weighted by atomic mass is 10.1. The maximum absolute atomic E-state index is 12.5. The minimum absolute atomic E-state index is 0.183. The van der Waals surface area contributed by atoms with Crippen molar-refractivity contribution in [2.45, 2.75) is 0 Å². The first-order valence-electron chi connectivity index (χ1n) is 9.69. The molecule has 0 fully saturated rings. The fourth-order valence-corrected chi connectivity index (χ4v) is 2.91. The monoisotopic (exact) mass is 450 g/mol. The SMILES string of the molecule is COc1cc(C(=O)NNC(=O)c2cccc(NC(=O)c3cccnc3)c2)cc(OC)c1OC. The maximum Gasteiger partial charge on any atom is 0.269 e. The summed E-state index contributed by atoms with van der Waals surface area (Å²) in [6.07, 6.45) is 3.00. The molecule has 1 aromatic heterocycles. The zero-order valence-electron chi connectivity index (χ0n) is 18.2. The minimum atomic E-state index is -0.594. The lowest BCUT2D eigenvalue weighted by Gasteiger charge is -2.14. The number of methoxy groups -OCH3 is 3. The van der Waals surface area contributed by atoms with Gasteiger partial charge >= 0.3 is 0 Å². The van der Waals surface area contributed by atoms with Crippen molar-refractivity contribution in [2.75, 3.05) is 26.6 Å². The van der Waals surface area contributed by atoms with Crippen LogP contribution in [0.15, 0.2) is 60.9 Å². The third-order valence-corrected chi connectivity index (χ3v) is 4.52. The molecule has 0 aliphatic carbocycles. The molecule has 3 N–H and O–H groups in total. The van der Waals surface area contributed by atoms with Crippen molar-refractivity contribution in [3.63, 3.8) is 0 Å². The summed E-state index contributed by atoms with van der Waals surface area (Å²) in [4.78, 5) is 41.2. The number of pyridine rings is 1. The number of hydrogen-bond acceptors (Lipinski definition) is 7. The second kappa shape index (κ2) is 10.6. The van der Waals surface area contributed by atoms with Gasteiger partial charge in [-0.15, -0.1) is 0 Å². The quantitative estimate of drug-likeness (QED) is 0.472. The third kappa shape index (κ3) is 5.56. The lowest BCUT2D eigenvalue weighted by molar-refractivity contribution is 0.0846. The molecule has 0 saturated heterocycles. The molecule has 3 amide bonds. The molecule has 10 nitrogen and oxygen atoms in total. The van der Waals surface area contributed by atoms with Gasteiger partial charge in [0, 0.05) is 29.2 Å². The van der Waals surface area contributed by atoms with Crippen molar-refractivity contribution in [1.29, 1.82) is 0 Å². The summed E-state index contributed by atoms with van der Waals surface area (Å²) < 4.78 is 15.7. The summed E-state index contributed by atoms with van der Waals surface area (Å²) in [6.45, 7) is 0. The van der Waals surface area contributed by atoms with E-state index in [1.54, 1.807) is 36.5 Å². The summed E-state index contributed by atoms with van der Waals surface area (Å²) >= 11 is 0. The number of hydrazine groups is 1. The number of carbonyl (C=O) groups is 3. The van der Waals surface area contributed by atoms with E-state index in [2.05, 4.69) is 21.2 Å². The Labute approximate surface area is 189 Å². The van der Waals surface area contributed by atoms with Gasteiger partial charge in [0.2, 0.25) is 5.75 Å². The topological polar surface area (TPSA) is 128 Å². The molecule has 0 atom stereocenters. The van der Waals surface area contributed by atoms with Gasteiger partial charge in [-0.05, 0) is 42.5 Å². The molecule has 1 heterocycles. The van der Waals surface area contributed by atoms with E-state index in [-0.39, 0.29) is 17.0 Å². The normalized spacial score (nSPS) is 10.0. The van der Waals surface area contributed by atoms with E-state index in [4.69, 9.17) is 14.2 Å². The molecule has 2 aromatic carbocycles. The van der Waals surface area contributed by atoms with Crippen LogP contribution in [-0.2, 0) is 0 Å². The van der Waals surface area contributed by atoms with Crippen LogP contribution in [0.4, 0.5) is 5.69 Å². The van der Waals surface area contributed by atoms with Crippen LogP contribution in [0.1, 0.15) is 31.1 Å². The number of nitrogens with zero attached hydrogens (tertiary/aromatic N) is 1. The molecule has 0 radical (unpaired) electrons. The van der Waals surface area contributed by atoms with Gasteiger partial charge < -0.3 is 19.5 Å². The second-order valence-corrected chi connectivity index (χ2v) is 6.60. The molecular formula is C23H22N4O6. The molecule has 0 aliphatic rings. The van der Waals surface area contributed by atoms with Crippen molar-refractivity contribution in [1.82, 2.24) is 15.8 Å². The van der Waals surface area contributed by atoms with Crippen LogP contribution >= 0.6 is 0 Å². The molecule has 0 aliphatic heterocycles. The van der Waals surface area contributed by atoms with E-state index in [9.17, 15) is 14.4 Å². The Morgan fingerprint density at radius 1 is 0.727 bits per heavy atom. The molecule has 10 heteroatoms. The van der Waals surface area contributed by atoms with Crippen LogP contribution in [-0.4, -0.2) is 44.0 Å². The molecule has 33 heavy (non-hydrogen) atoms. The Bertz CT molecular complexity index is 1140. The smallest absolute Gasteiger partial charge is 0.269 e. The van der Waals surface area contributed by atoms with Crippen LogP contribution in [0.5, 0.6) is 17.2 Å². The van der Waals surface area contributed by atoms with Crippen molar-refractivity contribution in [3.05, 3.63) is 77.6 Å². The van der Waals surface area contributed by atoms with Crippen LogP contribution in [0, 0.1) is 0 Å². The van der Waals surface area contributed by atoms with Crippen LogP contribution < -0.4 is 30.4 Å². The number of ether oxygens (including phenoxy) is 3. The van der Waals surface area contributed by atoms with Crippen molar-refractivity contribution in [3.8, 4) is 17.2 Å². The Hall–Kier alpha value is -4.60. The summed E-state index contributed by atoms with van der Waals surface area (Å²) in [5.41, 5.74) is 5.87. The number of aromatic nitrogens is 1. The average Bonchev–Trinajstić information content (AvgIpc) is 2.86. The van der Waals surface area contributed by atoms with Gasteiger partial charge in [0.25, 0.3) is 17.7 Å². The predicted molar refractivity (Wildman–Crippen MR) is 120 cm³/mol. The zero-order valence-corrected chi connectivity index (χ0v) is 18.2. The highest BCUT2D eigenvalue weighted by molar-refractivity contribution is 6.05. The van der Waals surface area contributed by atoms with Gasteiger partial charge in [0.05, 0.1) is 26.9 Å². The Morgan fingerprint density at radius 3 is 1.94 bits per heavy atom. The van der Waals surface area contributed by atoms with Crippen LogP contribution in [0.3, 0.4) is 0 Å². The number of carbonyl (C=O) groups excluding carboxylic acids is 3. The van der Waals surface area contributed by atoms with E-state index in [0.29, 0.717) is 28.5 Å². The predicted octanol–water partition coefficient (Wildman–Crippen LogP) is 2.43. The molecule has 3 aromatic rings. The zero-order chi connectivity index (χ0) is 23.8. The molecular weight excluding hydrogens is 428 g/mol. The van der Waals surface area contributed by atoms with Gasteiger partial charge in [-0.1, -0.05) is 6.07 Å². The maximum atomic E-state index is 12.5. The van der Waals surface area contributed by atoms with Gasteiger partial charge in [0.1, 0.15) is 0 Å². The minimum Gasteiger partial charge on any atom is -0.493 e. The first-order valence-corrected chi connectivity index (χ1v) is 9.69. The fourth-order valence-electron chi connectivity index (χ4n) is 2.91. The fraction of sp³-hybridized carbons (Fsp3) is 0.130. The number of benzene rings is 2. The number of amides is 3. The summed E-state index contributed by atoms with van der Waals surface area (Å²) in [6, 6.07) is 12.5. The molecule has 0 bridgehead atoms. The number of hydrogen-bond donors (Lipinski definition) is 3. The van der Waals surface area contributed by atoms with Crippen molar-refractivity contribution < 1.29 is 28.6 Å². The largest absolute Gasteiger partial charge is 0.493 e. The van der Waals surface area contributed by atoms with E-state index < -0.39 is 11.8 Å². The summed E-state index contributed by atoms with van der Waals surface area (Å²) in [7, 11) is 4.31. The van der Waals surface area contributed by atoms with Crippen molar-refractivity contribution in [2.24, 2.45) is 0 Å². The van der Waals surface area contributed by atoms with E-state index in [1.807, 2.05) is 0 Å². The third-order valence-electron chi connectivity index (χ3n) is 4.52. The Balaban J connectivity index is 1.67. The summed E-state index contributed by atoms with van der Waals surface area (Å²) in [5.74, 6) is -0.602. The standard InChI is InChI=1S/C23H22N4O6/c1-31-18-11-16(12-19(32-2)20(18)33-3)23(30)27-26-22(29)14-6-4-8-17(10-14)25-21(28)15-7-5-9-24-13-15/h4-13H,1-3H3,(H,25,28)(H,26,29)(H,27,30). The molecule has 0 unspecified atom stereocenters. The van der Waals surface area contributed by atoms with Gasteiger partial charge in [-0.25, -0.2) is 0 Å². The number of nitrogens with one attached hydrogen (secondary N) is 3. The van der Waals surface area contributed by atoms with Crippen molar-refractivity contribution >= 4 is 23.4 Å². The lowest BCUT2D eigenvalue weighted by Crippen LogP contribution is -2.41. The highest BCUT2D eigenvalue weighted by atomic mass is 16.5. The average molecular weight is 450 g/mol. The Morgan fingerprint density at radius 2 is 1.36 bits per heavy atom. The molecule has 0 saturated carbocycles.